The lowest BCUT2D eigenvalue weighted by Gasteiger charge is -2.30. The standard InChI is InChI=1S/C24H25N3O3S/c1-2-30-21-11-6-4-9-18(21)26-24(29)23(28)25-16-20(22-12-7-15-31-22)27-14-13-17-8-3-5-10-19(17)27/h3-12,15,20H,2,13-14,16H2,1H3,(H,25,28)(H,26,29)/t20-/m0/s1. The van der Waals surface area contributed by atoms with Gasteiger partial charge in [-0.05, 0) is 48.6 Å². The molecule has 0 bridgehead atoms. The summed E-state index contributed by atoms with van der Waals surface area (Å²) < 4.78 is 5.51. The summed E-state index contributed by atoms with van der Waals surface area (Å²) in [7, 11) is 0. The van der Waals surface area contributed by atoms with E-state index in [2.05, 4.69) is 39.8 Å². The fraction of sp³-hybridized carbons (Fsp3) is 0.250. The van der Waals surface area contributed by atoms with E-state index in [9.17, 15) is 9.59 Å². The van der Waals surface area contributed by atoms with Crippen LogP contribution in [-0.4, -0.2) is 31.5 Å². The predicted octanol–water partition coefficient (Wildman–Crippen LogP) is 4.01. The highest BCUT2D eigenvalue weighted by molar-refractivity contribution is 7.10. The molecule has 0 unspecified atom stereocenters. The summed E-state index contributed by atoms with van der Waals surface area (Å²) in [4.78, 5) is 28.5. The minimum atomic E-state index is -0.709. The maximum absolute atomic E-state index is 12.6. The Balaban J connectivity index is 1.44. The van der Waals surface area contributed by atoms with Crippen molar-refractivity contribution < 1.29 is 14.3 Å². The number of nitrogens with zero attached hydrogens (tertiary/aromatic N) is 1. The molecule has 2 heterocycles. The number of carbonyl (C=O) groups is 2. The van der Waals surface area contributed by atoms with Gasteiger partial charge in [-0.25, -0.2) is 0 Å². The van der Waals surface area contributed by atoms with Crippen LogP contribution in [0.25, 0.3) is 0 Å². The summed E-state index contributed by atoms with van der Waals surface area (Å²) in [6, 6.07) is 19.5. The number of hydrogen-bond donors (Lipinski definition) is 2. The van der Waals surface area contributed by atoms with Crippen LogP contribution >= 0.6 is 11.3 Å². The van der Waals surface area contributed by atoms with Crippen LogP contribution in [0.15, 0.2) is 66.0 Å². The molecule has 0 saturated heterocycles. The van der Waals surface area contributed by atoms with Crippen molar-refractivity contribution in [1.29, 1.82) is 0 Å². The Morgan fingerprint density at radius 2 is 1.87 bits per heavy atom. The van der Waals surface area contributed by atoms with Crippen molar-refractivity contribution >= 4 is 34.5 Å². The van der Waals surface area contributed by atoms with Crippen LogP contribution < -0.4 is 20.3 Å². The Kier molecular flexibility index (Phi) is 6.52. The third kappa shape index (κ3) is 4.72. The predicted molar refractivity (Wildman–Crippen MR) is 124 cm³/mol. The lowest BCUT2D eigenvalue weighted by Crippen LogP contribution is -2.41. The summed E-state index contributed by atoms with van der Waals surface area (Å²) in [6.45, 7) is 3.56. The number of anilines is 2. The van der Waals surface area contributed by atoms with E-state index < -0.39 is 11.8 Å². The quantitative estimate of drug-likeness (QED) is 0.550. The molecule has 7 heteroatoms. The lowest BCUT2D eigenvalue weighted by atomic mass is 10.1. The normalized spacial score (nSPS) is 13.4. The third-order valence-corrected chi connectivity index (χ3v) is 6.24. The van der Waals surface area contributed by atoms with Crippen LogP contribution in [-0.2, 0) is 16.0 Å². The van der Waals surface area contributed by atoms with Crippen molar-refractivity contribution in [3.8, 4) is 5.75 Å². The van der Waals surface area contributed by atoms with E-state index in [1.807, 2.05) is 30.5 Å². The van der Waals surface area contributed by atoms with Crippen LogP contribution in [0.5, 0.6) is 5.75 Å². The number of amides is 2. The van der Waals surface area contributed by atoms with Gasteiger partial charge in [0.25, 0.3) is 0 Å². The van der Waals surface area contributed by atoms with E-state index >= 15 is 0 Å². The number of nitrogens with one attached hydrogen (secondary N) is 2. The highest BCUT2D eigenvalue weighted by Gasteiger charge is 2.28. The van der Waals surface area contributed by atoms with Gasteiger partial charge in [0, 0.05) is 23.7 Å². The molecule has 0 saturated carbocycles. The summed E-state index contributed by atoms with van der Waals surface area (Å²) in [5.74, 6) is -0.837. The Morgan fingerprint density at radius 3 is 2.68 bits per heavy atom. The minimum Gasteiger partial charge on any atom is -0.492 e. The largest absolute Gasteiger partial charge is 0.492 e. The average Bonchev–Trinajstić information content (AvgIpc) is 3.46. The Labute approximate surface area is 185 Å². The number of ether oxygens (including phenoxy) is 1. The fourth-order valence-corrected chi connectivity index (χ4v) is 4.67. The molecule has 2 N–H and O–H groups in total. The Hall–Kier alpha value is -3.32. The first-order valence-corrected chi connectivity index (χ1v) is 11.2. The van der Waals surface area contributed by atoms with Crippen LogP contribution in [0.1, 0.15) is 23.4 Å². The first kappa shape index (κ1) is 20.9. The number of carbonyl (C=O) groups excluding carboxylic acids is 2. The van der Waals surface area contributed by atoms with Crippen molar-refractivity contribution in [2.45, 2.75) is 19.4 Å². The molecular formula is C24H25N3O3S. The van der Waals surface area contributed by atoms with Gasteiger partial charge in [0.05, 0.1) is 18.3 Å². The van der Waals surface area contributed by atoms with Gasteiger partial charge in [-0.15, -0.1) is 11.3 Å². The molecule has 1 atom stereocenters. The molecule has 6 nitrogen and oxygen atoms in total. The zero-order valence-corrected chi connectivity index (χ0v) is 18.2. The van der Waals surface area contributed by atoms with Gasteiger partial charge < -0.3 is 20.3 Å². The van der Waals surface area contributed by atoms with Crippen molar-refractivity contribution in [3.05, 3.63) is 76.5 Å². The molecule has 4 rings (SSSR count). The third-order valence-electron chi connectivity index (χ3n) is 5.27. The zero-order valence-electron chi connectivity index (χ0n) is 17.3. The summed E-state index contributed by atoms with van der Waals surface area (Å²) in [6.07, 6.45) is 0.973. The summed E-state index contributed by atoms with van der Waals surface area (Å²) in [5, 5.41) is 7.51. The molecule has 3 aromatic rings. The van der Waals surface area contributed by atoms with Crippen LogP contribution in [0.3, 0.4) is 0 Å². The van der Waals surface area contributed by atoms with Crippen molar-refractivity contribution in [3.63, 3.8) is 0 Å². The topological polar surface area (TPSA) is 70.7 Å². The second-order valence-electron chi connectivity index (χ2n) is 7.20. The highest BCUT2D eigenvalue weighted by atomic mass is 32.1. The Morgan fingerprint density at radius 1 is 1.06 bits per heavy atom. The first-order chi connectivity index (χ1) is 15.2. The van der Waals surface area contributed by atoms with Gasteiger partial charge in [-0.1, -0.05) is 36.4 Å². The minimum absolute atomic E-state index is 0.0314. The monoisotopic (exact) mass is 435 g/mol. The maximum atomic E-state index is 12.6. The summed E-state index contributed by atoms with van der Waals surface area (Å²) in [5.41, 5.74) is 2.97. The second-order valence-corrected chi connectivity index (χ2v) is 8.18. The number of hydrogen-bond acceptors (Lipinski definition) is 5. The zero-order chi connectivity index (χ0) is 21.6. The molecule has 1 aliphatic rings. The second kappa shape index (κ2) is 9.66. The molecule has 2 amide bonds. The van der Waals surface area contributed by atoms with Crippen LogP contribution in [0.4, 0.5) is 11.4 Å². The van der Waals surface area contributed by atoms with Gasteiger partial charge in [0.15, 0.2) is 0 Å². The van der Waals surface area contributed by atoms with Gasteiger partial charge >= 0.3 is 11.8 Å². The van der Waals surface area contributed by atoms with Gasteiger partial charge in [-0.3, -0.25) is 9.59 Å². The smallest absolute Gasteiger partial charge is 0.313 e. The summed E-state index contributed by atoms with van der Waals surface area (Å²) >= 11 is 1.65. The van der Waals surface area contributed by atoms with Gasteiger partial charge in [-0.2, -0.15) is 0 Å². The number of thiophene rings is 1. The van der Waals surface area contributed by atoms with Crippen LogP contribution in [0, 0.1) is 0 Å². The molecule has 2 aromatic carbocycles. The molecule has 0 radical (unpaired) electrons. The first-order valence-electron chi connectivity index (χ1n) is 10.4. The molecule has 0 spiro atoms. The number of rotatable bonds is 7. The van der Waals surface area contributed by atoms with E-state index in [-0.39, 0.29) is 6.04 Å². The fourth-order valence-electron chi connectivity index (χ4n) is 3.83. The van der Waals surface area contributed by atoms with E-state index in [1.165, 1.54) is 11.3 Å². The average molecular weight is 436 g/mol. The van der Waals surface area contributed by atoms with Gasteiger partial charge in [0.2, 0.25) is 0 Å². The van der Waals surface area contributed by atoms with E-state index in [0.29, 0.717) is 24.6 Å². The molecule has 1 aromatic heterocycles. The number of fused-ring (bicyclic) bond motifs is 1. The van der Waals surface area contributed by atoms with E-state index in [1.54, 1.807) is 29.5 Å². The molecule has 0 aliphatic carbocycles. The molecular weight excluding hydrogens is 410 g/mol. The molecule has 0 fully saturated rings. The van der Waals surface area contributed by atoms with Crippen LogP contribution in [0.2, 0.25) is 0 Å². The van der Waals surface area contributed by atoms with Crippen molar-refractivity contribution in [2.75, 3.05) is 29.9 Å². The van der Waals surface area contributed by atoms with Crippen molar-refractivity contribution in [2.24, 2.45) is 0 Å². The van der Waals surface area contributed by atoms with E-state index in [0.717, 1.165) is 17.8 Å². The van der Waals surface area contributed by atoms with Gasteiger partial charge in [0.1, 0.15) is 5.75 Å². The number of benzene rings is 2. The SMILES string of the molecule is CCOc1ccccc1NC(=O)C(=O)NC[C@@H](c1cccs1)N1CCc2ccccc21. The van der Waals surface area contributed by atoms with E-state index in [4.69, 9.17) is 4.74 Å². The molecule has 31 heavy (non-hydrogen) atoms. The molecule has 1 aliphatic heterocycles. The Bertz CT molecular complexity index is 1050. The molecule has 160 valence electrons. The van der Waals surface area contributed by atoms with Crippen molar-refractivity contribution in [1.82, 2.24) is 5.32 Å². The maximum Gasteiger partial charge on any atom is 0.313 e. The highest BCUT2D eigenvalue weighted by Crippen LogP contribution is 2.36. The lowest BCUT2D eigenvalue weighted by molar-refractivity contribution is -0.136. The number of para-hydroxylation sites is 3.